The summed E-state index contributed by atoms with van der Waals surface area (Å²) in [6, 6.07) is 5.46. The number of H-pyrrole nitrogens is 1. The van der Waals surface area contributed by atoms with E-state index in [0.29, 0.717) is 23.4 Å². The Balaban J connectivity index is 2.14. The van der Waals surface area contributed by atoms with E-state index in [1.165, 1.54) is 6.33 Å². The van der Waals surface area contributed by atoms with Gasteiger partial charge in [0.25, 0.3) is 5.91 Å². The number of aliphatic hydroxyl groups is 1. The first-order valence-electron chi connectivity index (χ1n) is 6.53. The van der Waals surface area contributed by atoms with E-state index in [0.717, 1.165) is 5.56 Å². The summed E-state index contributed by atoms with van der Waals surface area (Å²) in [4.78, 5) is 16.2. The zero-order valence-electron chi connectivity index (χ0n) is 11.7. The second-order valence-corrected chi connectivity index (χ2v) is 4.44. The van der Waals surface area contributed by atoms with Crippen LogP contribution < -0.4 is 5.32 Å². The van der Waals surface area contributed by atoms with Crippen LogP contribution in [-0.4, -0.2) is 32.8 Å². The number of nitrogens with one attached hydrogen (secondary N) is 2. The van der Waals surface area contributed by atoms with Gasteiger partial charge in [-0.25, -0.2) is 4.98 Å². The van der Waals surface area contributed by atoms with E-state index in [-0.39, 0.29) is 19.1 Å². The van der Waals surface area contributed by atoms with Crippen molar-refractivity contribution in [1.82, 2.24) is 20.5 Å². The number of aromatic amines is 1. The zero-order chi connectivity index (χ0) is 15.1. The van der Waals surface area contributed by atoms with Crippen LogP contribution >= 0.6 is 0 Å². The summed E-state index contributed by atoms with van der Waals surface area (Å²) in [6.45, 7) is 2.22. The smallest absolute Gasteiger partial charge is 0.252 e. The number of nitrogens with zero attached hydrogens (tertiary/aromatic N) is 2. The lowest BCUT2D eigenvalue weighted by atomic mass is 10.0. The Kier molecular flexibility index (Phi) is 5.07. The molecule has 0 radical (unpaired) electrons. The molecule has 3 N–H and O–H groups in total. The highest BCUT2D eigenvalue weighted by molar-refractivity contribution is 5.96. The standard InChI is InChI=1S/C15H16N4O2/c1-11-5-6-13(12(8-11)4-2-3-7-20)15(21)16-9-14-17-10-18-19-14/h5-6,8,10,20H,3,7,9H2,1H3,(H,16,21)(H,17,18,19). The van der Waals surface area contributed by atoms with E-state index >= 15 is 0 Å². The summed E-state index contributed by atoms with van der Waals surface area (Å²) in [6.07, 6.45) is 1.77. The molecule has 1 heterocycles. The largest absolute Gasteiger partial charge is 0.395 e. The molecule has 108 valence electrons. The van der Waals surface area contributed by atoms with E-state index in [9.17, 15) is 4.79 Å². The third-order valence-corrected chi connectivity index (χ3v) is 2.76. The molecule has 6 heteroatoms. The van der Waals surface area contributed by atoms with Gasteiger partial charge in [-0.15, -0.1) is 0 Å². The SMILES string of the molecule is Cc1ccc(C(=O)NCc2ncn[nH]2)c(C#CCCO)c1. The molecule has 2 aromatic rings. The predicted octanol–water partition coefficient (Wildman–Crippen LogP) is 0.777. The van der Waals surface area contributed by atoms with E-state index in [1.54, 1.807) is 6.07 Å². The lowest BCUT2D eigenvalue weighted by Crippen LogP contribution is -2.24. The Morgan fingerprint density at radius 3 is 3.05 bits per heavy atom. The molecule has 0 aliphatic rings. The Labute approximate surface area is 122 Å². The Morgan fingerprint density at radius 2 is 2.33 bits per heavy atom. The molecule has 0 aliphatic carbocycles. The highest BCUT2D eigenvalue weighted by atomic mass is 16.2. The first-order valence-corrected chi connectivity index (χ1v) is 6.53. The number of rotatable bonds is 4. The predicted molar refractivity (Wildman–Crippen MR) is 77.3 cm³/mol. The molecule has 0 saturated heterocycles. The highest BCUT2D eigenvalue weighted by Crippen LogP contribution is 2.11. The van der Waals surface area contributed by atoms with E-state index in [1.807, 2.05) is 19.1 Å². The van der Waals surface area contributed by atoms with Crippen LogP contribution in [0.25, 0.3) is 0 Å². The van der Waals surface area contributed by atoms with Gasteiger partial charge >= 0.3 is 0 Å². The minimum Gasteiger partial charge on any atom is -0.395 e. The number of benzene rings is 1. The van der Waals surface area contributed by atoms with Crippen molar-refractivity contribution < 1.29 is 9.90 Å². The minimum atomic E-state index is -0.223. The Bertz CT molecular complexity index is 669. The number of hydrogen-bond acceptors (Lipinski definition) is 4. The zero-order valence-corrected chi connectivity index (χ0v) is 11.7. The van der Waals surface area contributed by atoms with Gasteiger partial charge in [0, 0.05) is 12.0 Å². The van der Waals surface area contributed by atoms with Crippen LogP contribution in [0.1, 0.15) is 33.7 Å². The minimum absolute atomic E-state index is 0.00579. The van der Waals surface area contributed by atoms with Gasteiger partial charge in [0.15, 0.2) is 0 Å². The quantitative estimate of drug-likeness (QED) is 0.723. The summed E-state index contributed by atoms with van der Waals surface area (Å²) in [7, 11) is 0. The fourth-order valence-corrected chi connectivity index (χ4v) is 1.75. The Morgan fingerprint density at radius 1 is 1.48 bits per heavy atom. The fraction of sp³-hybridized carbons (Fsp3) is 0.267. The molecule has 0 bridgehead atoms. The van der Waals surface area contributed by atoms with Crippen molar-refractivity contribution in [3.63, 3.8) is 0 Å². The second-order valence-electron chi connectivity index (χ2n) is 4.44. The number of carbonyl (C=O) groups is 1. The first-order chi connectivity index (χ1) is 10.2. The first kappa shape index (κ1) is 14.8. The van der Waals surface area contributed by atoms with E-state index in [4.69, 9.17) is 5.11 Å². The lowest BCUT2D eigenvalue weighted by Gasteiger charge is -2.06. The summed E-state index contributed by atoms with van der Waals surface area (Å²) in [5, 5.41) is 17.9. The number of carbonyl (C=O) groups excluding carboxylic acids is 1. The maximum Gasteiger partial charge on any atom is 0.252 e. The van der Waals surface area contributed by atoms with Crippen molar-refractivity contribution >= 4 is 5.91 Å². The molecule has 0 atom stereocenters. The normalized spacial score (nSPS) is 9.81. The summed E-state index contributed by atoms with van der Waals surface area (Å²) < 4.78 is 0. The molecule has 0 fully saturated rings. The van der Waals surface area contributed by atoms with Crippen molar-refractivity contribution in [2.75, 3.05) is 6.61 Å². The van der Waals surface area contributed by atoms with Gasteiger partial charge in [0.1, 0.15) is 12.2 Å². The van der Waals surface area contributed by atoms with Crippen LogP contribution in [0.2, 0.25) is 0 Å². The number of aliphatic hydroxyl groups excluding tert-OH is 1. The van der Waals surface area contributed by atoms with Crippen LogP contribution in [0, 0.1) is 18.8 Å². The average molecular weight is 284 g/mol. The summed E-state index contributed by atoms with van der Waals surface area (Å²) in [5.41, 5.74) is 2.18. The summed E-state index contributed by atoms with van der Waals surface area (Å²) >= 11 is 0. The molecule has 21 heavy (non-hydrogen) atoms. The molecule has 1 aromatic heterocycles. The average Bonchev–Trinajstić information content (AvgIpc) is 2.98. The molecule has 0 unspecified atom stereocenters. The van der Waals surface area contributed by atoms with Gasteiger partial charge in [-0.05, 0) is 24.6 Å². The number of amides is 1. The maximum atomic E-state index is 12.2. The van der Waals surface area contributed by atoms with Gasteiger partial charge in [-0.1, -0.05) is 17.9 Å². The number of aromatic nitrogens is 3. The number of aryl methyl sites for hydroxylation is 1. The molecule has 6 nitrogen and oxygen atoms in total. The molecule has 0 spiro atoms. The van der Waals surface area contributed by atoms with Crippen LogP contribution in [-0.2, 0) is 6.54 Å². The van der Waals surface area contributed by atoms with Crippen LogP contribution in [0.5, 0.6) is 0 Å². The maximum absolute atomic E-state index is 12.2. The topological polar surface area (TPSA) is 90.9 Å². The highest BCUT2D eigenvalue weighted by Gasteiger charge is 2.10. The van der Waals surface area contributed by atoms with Crippen LogP contribution in [0.3, 0.4) is 0 Å². The van der Waals surface area contributed by atoms with Gasteiger partial charge in [0.2, 0.25) is 0 Å². The van der Waals surface area contributed by atoms with Gasteiger partial charge in [0.05, 0.1) is 18.7 Å². The molecule has 0 saturated carbocycles. The van der Waals surface area contributed by atoms with Crippen molar-refractivity contribution in [2.24, 2.45) is 0 Å². The molecule has 1 amide bonds. The summed E-state index contributed by atoms with van der Waals surface area (Å²) in [5.74, 6) is 6.12. The third kappa shape index (κ3) is 4.16. The molecular weight excluding hydrogens is 268 g/mol. The van der Waals surface area contributed by atoms with Crippen LogP contribution in [0.4, 0.5) is 0 Å². The fourth-order valence-electron chi connectivity index (χ4n) is 1.75. The van der Waals surface area contributed by atoms with Gasteiger partial charge < -0.3 is 10.4 Å². The Hall–Kier alpha value is -2.65. The molecule has 2 rings (SSSR count). The lowest BCUT2D eigenvalue weighted by molar-refractivity contribution is 0.0949. The molecular formula is C15H16N4O2. The molecule has 0 aliphatic heterocycles. The number of hydrogen-bond donors (Lipinski definition) is 3. The monoisotopic (exact) mass is 284 g/mol. The van der Waals surface area contributed by atoms with Gasteiger partial charge in [-0.2, -0.15) is 5.10 Å². The second kappa shape index (κ2) is 7.22. The van der Waals surface area contributed by atoms with Crippen molar-refractivity contribution in [2.45, 2.75) is 19.9 Å². The third-order valence-electron chi connectivity index (χ3n) is 2.76. The van der Waals surface area contributed by atoms with Crippen molar-refractivity contribution in [1.29, 1.82) is 0 Å². The van der Waals surface area contributed by atoms with E-state index < -0.39 is 0 Å². The van der Waals surface area contributed by atoms with Gasteiger partial charge in [-0.3, -0.25) is 9.89 Å². The van der Waals surface area contributed by atoms with Crippen LogP contribution in [0.15, 0.2) is 24.5 Å². The van der Waals surface area contributed by atoms with E-state index in [2.05, 4.69) is 32.3 Å². The van der Waals surface area contributed by atoms with Crippen molar-refractivity contribution in [3.05, 3.63) is 47.0 Å². The van der Waals surface area contributed by atoms with Crippen molar-refractivity contribution in [3.8, 4) is 11.8 Å². The molecule has 1 aromatic carbocycles.